The molecule has 8 heteroatoms. The molecule has 1 fully saturated rings. The van der Waals surface area contributed by atoms with E-state index >= 15 is 0 Å². The molecule has 220 valence electrons. The standard InChI is InChI=1S/C35H34N2O6/c1-22-19-25(12-17-28(22)43-21-23-9-7-6-8-10-23)33(38)31-32(24-11-18-29(41-4)30(20-24)42-5)37(35(40)34(31)39)27-15-13-26(14-16-27)36(2)3/h6-20,32,38H,21H2,1-5H3/b33-31-. The van der Waals surface area contributed by atoms with Gasteiger partial charge in [-0.25, -0.2) is 0 Å². The predicted octanol–water partition coefficient (Wildman–Crippen LogP) is 6.28. The maximum atomic E-state index is 13.7. The Morgan fingerprint density at radius 1 is 0.837 bits per heavy atom. The minimum Gasteiger partial charge on any atom is -0.507 e. The van der Waals surface area contributed by atoms with Crippen molar-refractivity contribution in [2.45, 2.75) is 19.6 Å². The first-order chi connectivity index (χ1) is 20.7. The maximum Gasteiger partial charge on any atom is 0.300 e. The molecule has 0 aliphatic carbocycles. The van der Waals surface area contributed by atoms with Crippen molar-refractivity contribution in [2.24, 2.45) is 0 Å². The van der Waals surface area contributed by atoms with Crippen LogP contribution in [-0.2, 0) is 16.2 Å². The van der Waals surface area contributed by atoms with Crippen LogP contribution in [0.5, 0.6) is 17.2 Å². The van der Waals surface area contributed by atoms with Crippen LogP contribution >= 0.6 is 0 Å². The number of methoxy groups -OCH3 is 2. The van der Waals surface area contributed by atoms with Crippen LogP contribution in [0, 0.1) is 6.92 Å². The highest BCUT2D eigenvalue weighted by molar-refractivity contribution is 6.51. The number of hydrogen-bond donors (Lipinski definition) is 1. The molecule has 1 amide bonds. The van der Waals surface area contributed by atoms with E-state index in [0.717, 1.165) is 16.8 Å². The first-order valence-corrected chi connectivity index (χ1v) is 13.8. The Kier molecular flexibility index (Phi) is 8.39. The summed E-state index contributed by atoms with van der Waals surface area (Å²) in [5.41, 5.74) is 4.22. The Bertz CT molecular complexity index is 1680. The van der Waals surface area contributed by atoms with Crippen LogP contribution in [-0.4, -0.2) is 45.1 Å². The second-order valence-electron chi connectivity index (χ2n) is 10.4. The van der Waals surface area contributed by atoms with Crippen molar-refractivity contribution in [1.82, 2.24) is 0 Å². The van der Waals surface area contributed by atoms with Gasteiger partial charge < -0.3 is 24.2 Å². The number of benzene rings is 4. The lowest BCUT2D eigenvalue weighted by Gasteiger charge is -2.26. The fourth-order valence-electron chi connectivity index (χ4n) is 5.20. The molecule has 1 saturated heterocycles. The zero-order valence-corrected chi connectivity index (χ0v) is 24.8. The molecule has 0 radical (unpaired) electrons. The van der Waals surface area contributed by atoms with Gasteiger partial charge in [0.05, 0.1) is 25.8 Å². The number of Topliss-reactive ketones (excluding diaryl/α,β-unsaturated/α-hetero) is 1. The van der Waals surface area contributed by atoms with E-state index in [-0.39, 0.29) is 11.3 Å². The van der Waals surface area contributed by atoms with Gasteiger partial charge in [-0.05, 0) is 78.2 Å². The second-order valence-corrected chi connectivity index (χ2v) is 10.4. The SMILES string of the molecule is COc1ccc(C2/C(=C(/O)c3ccc(OCc4ccccc4)c(C)c3)C(=O)C(=O)N2c2ccc(N(C)C)cc2)cc1OC. The lowest BCUT2D eigenvalue weighted by atomic mass is 9.94. The van der Waals surface area contributed by atoms with Gasteiger partial charge in [-0.2, -0.15) is 0 Å². The lowest BCUT2D eigenvalue weighted by Crippen LogP contribution is -2.29. The van der Waals surface area contributed by atoms with E-state index in [1.54, 1.807) is 48.5 Å². The molecule has 1 atom stereocenters. The zero-order chi connectivity index (χ0) is 30.7. The van der Waals surface area contributed by atoms with E-state index in [4.69, 9.17) is 14.2 Å². The molecule has 1 unspecified atom stereocenters. The molecule has 1 aliphatic heterocycles. The second kappa shape index (κ2) is 12.3. The molecule has 1 heterocycles. The number of aliphatic hydroxyl groups is 1. The van der Waals surface area contributed by atoms with Crippen molar-refractivity contribution in [3.63, 3.8) is 0 Å². The number of anilines is 2. The van der Waals surface area contributed by atoms with E-state index in [0.29, 0.717) is 40.7 Å². The number of ether oxygens (including phenoxy) is 3. The van der Waals surface area contributed by atoms with Crippen LogP contribution in [0.4, 0.5) is 11.4 Å². The van der Waals surface area contributed by atoms with Crippen molar-refractivity contribution < 1.29 is 28.9 Å². The molecule has 1 N–H and O–H groups in total. The third kappa shape index (κ3) is 5.77. The van der Waals surface area contributed by atoms with E-state index in [1.807, 2.05) is 68.4 Å². The monoisotopic (exact) mass is 578 g/mol. The minimum atomic E-state index is -0.917. The van der Waals surface area contributed by atoms with Gasteiger partial charge in [0.1, 0.15) is 18.1 Å². The first kappa shape index (κ1) is 29.3. The molecule has 0 saturated carbocycles. The summed E-state index contributed by atoms with van der Waals surface area (Å²) >= 11 is 0. The van der Waals surface area contributed by atoms with Gasteiger partial charge in [0, 0.05) is 31.0 Å². The third-order valence-electron chi connectivity index (χ3n) is 7.50. The summed E-state index contributed by atoms with van der Waals surface area (Å²) in [6, 6.07) is 26.6. The van der Waals surface area contributed by atoms with E-state index in [2.05, 4.69) is 0 Å². The first-order valence-electron chi connectivity index (χ1n) is 13.8. The normalized spacial score (nSPS) is 15.8. The quantitative estimate of drug-likeness (QED) is 0.142. The molecule has 0 bridgehead atoms. The van der Waals surface area contributed by atoms with Crippen LogP contribution in [0.3, 0.4) is 0 Å². The molecule has 1 aliphatic rings. The van der Waals surface area contributed by atoms with E-state index in [1.165, 1.54) is 19.1 Å². The topological polar surface area (TPSA) is 88.5 Å². The summed E-state index contributed by atoms with van der Waals surface area (Å²) in [5.74, 6) is -0.208. The van der Waals surface area contributed by atoms with Gasteiger partial charge in [-0.3, -0.25) is 14.5 Å². The molecular weight excluding hydrogens is 544 g/mol. The number of nitrogens with zero attached hydrogens (tertiary/aromatic N) is 2. The van der Waals surface area contributed by atoms with Gasteiger partial charge in [0.15, 0.2) is 11.5 Å². The molecule has 4 aromatic carbocycles. The zero-order valence-electron chi connectivity index (χ0n) is 24.8. The largest absolute Gasteiger partial charge is 0.507 e. The molecule has 8 nitrogen and oxygen atoms in total. The Morgan fingerprint density at radius 3 is 2.14 bits per heavy atom. The van der Waals surface area contributed by atoms with Crippen LogP contribution < -0.4 is 24.0 Å². The average molecular weight is 579 g/mol. The number of ketones is 1. The van der Waals surface area contributed by atoms with Crippen LogP contribution in [0.1, 0.15) is 28.3 Å². The Labute approximate surface area is 251 Å². The van der Waals surface area contributed by atoms with Crippen LogP contribution in [0.15, 0.2) is 96.6 Å². The Hall–Kier alpha value is -5.24. The maximum absolute atomic E-state index is 13.7. The molecule has 43 heavy (non-hydrogen) atoms. The van der Waals surface area contributed by atoms with Gasteiger partial charge in [0.2, 0.25) is 0 Å². The molecule has 5 rings (SSSR count). The number of aliphatic hydroxyl groups excluding tert-OH is 1. The predicted molar refractivity (Wildman–Crippen MR) is 167 cm³/mol. The van der Waals surface area contributed by atoms with Crippen LogP contribution in [0.25, 0.3) is 5.76 Å². The van der Waals surface area contributed by atoms with E-state index < -0.39 is 17.7 Å². The van der Waals surface area contributed by atoms with Gasteiger partial charge >= 0.3 is 0 Å². The Balaban J connectivity index is 1.59. The smallest absolute Gasteiger partial charge is 0.300 e. The molecular formula is C35H34N2O6. The van der Waals surface area contributed by atoms with Crippen molar-refractivity contribution in [3.05, 3.63) is 119 Å². The van der Waals surface area contributed by atoms with Crippen molar-refractivity contribution in [2.75, 3.05) is 38.1 Å². The third-order valence-corrected chi connectivity index (χ3v) is 7.50. The summed E-state index contributed by atoms with van der Waals surface area (Å²) in [5, 5.41) is 11.6. The van der Waals surface area contributed by atoms with Gasteiger partial charge in [-0.1, -0.05) is 36.4 Å². The lowest BCUT2D eigenvalue weighted by molar-refractivity contribution is -0.132. The molecule has 4 aromatic rings. The number of carbonyl (C=O) groups is 2. The molecule has 0 aromatic heterocycles. The summed E-state index contributed by atoms with van der Waals surface area (Å²) < 4.78 is 16.9. The van der Waals surface area contributed by atoms with Crippen molar-refractivity contribution >= 4 is 28.8 Å². The molecule has 0 spiro atoms. The average Bonchev–Trinajstić information content (AvgIpc) is 3.29. The van der Waals surface area contributed by atoms with Crippen molar-refractivity contribution in [1.29, 1.82) is 0 Å². The summed E-state index contributed by atoms with van der Waals surface area (Å²) in [7, 11) is 6.89. The summed E-state index contributed by atoms with van der Waals surface area (Å²) in [6.45, 7) is 2.26. The van der Waals surface area contributed by atoms with Crippen molar-refractivity contribution in [3.8, 4) is 17.2 Å². The highest BCUT2D eigenvalue weighted by atomic mass is 16.5. The number of hydrogen-bond acceptors (Lipinski definition) is 7. The Morgan fingerprint density at radius 2 is 1.51 bits per heavy atom. The number of aryl methyl sites for hydroxylation is 1. The van der Waals surface area contributed by atoms with Crippen LogP contribution in [0.2, 0.25) is 0 Å². The van der Waals surface area contributed by atoms with Gasteiger partial charge in [0.25, 0.3) is 11.7 Å². The van der Waals surface area contributed by atoms with Gasteiger partial charge in [-0.15, -0.1) is 0 Å². The van der Waals surface area contributed by atoms with E-state index in [9.17, 15) is 14.7 Å². The number of rotatable bonds is 9. The number of amides is 1. The highest BCUT2D eigenvalue weighted by Gasteiger charge is 2.47. The fourth-order valence-corrected chi connectivity index (χ4v) is 5.20. The summed E-state index contributed by atoms with van der Waals surface area (Å²) in [4.78, 5) is 30.6. The number of carbonyl (C=O) groups excluding carboxylic acids is 2. The summed E-state index contributed by atoms with van der Waals surface area (Å²) in [6.07, 6.45) is 0. The minimum absolute atomic E-state index is 0.0220. The fraction of sp³-hybridized carbons (Fsp3) is 0.200. The highest BCUT2D eigenvalue weighted by Crippen LogP contribution is 2.44.